The van der Waals surface area contributed by atoms with Crippen LogP contribution in [-0.2, 0) is 6.42 Å². The van der Waals surface area contributed by atoms with Crippen LogP contribution in [0.3, 0.4) is 0 Å². The molecule has 1 aliphatic rings. The molecule has 0 unspecified atom stereocenters. The molecule has 1 fully saturated rings. The summed E-state index contributed by atoms with van der Waals surface area (Å²) in [7, 11) is 0. The molecule has 0 saturated carbocycles. The van der Waals surface area contributed by atoms with E-state index >= 15 is 0 Å². The Kier molecular flexibility index (Phi) is 5.14. The largest absolute Gasteiger partial charge is 0.354 e. The zero-order valence-corrected chi connectivity index (χ0v) is 13.6. The highest BCUT2D eigenvalue weighted by atomic mass is 19.1. The molecule has 2 rings (SSSR count). The molecule has 0 radical (unpaired) electrons. The second-order valence-electron chi connectivity index (χ2n) is 6.87. The summed E-state index contributed by atoms with van der Waals surface area (Å²) in [5.41, 5.74) is 0.669. The van der Waals surface area contributed by atoms with E-state index < -0.39 is 0 Å². The minimum Gasteiger partial charge on any atom is -0.354 e. The van der Waals surface area contributed by atoms with Crippen molar-refractivity contribution in [3.8, 4) is 0 Å². The van der Waals surface area contributed by atoms with Crippen LogP contribution in [0.2, 0.25) is 0 Å². The van der Waals surface area contributed by atoms with Gasteiger partial charge in [0.2, 0.25) is 0 Å². The van der Waals surface area contributed by atoms with Crippen LogP contribution in [-0.4, -0.2) is 35.1 Å². The van der Waals surface area contributed by atoms with Crippen molar-refractivity contribution in [3.63, 3.8) is 0 Å². The van der Waals surface area contributed by atoms with E-state index in [1.165, 1.54) is 6.33 Å². The van der Waals surface area contributed by atoms with Crippen molar-refractivity contribution >= 4 is 5.82 Å². The predicted octanol–water partition coefficient (Wildman–Crippen LogP) is 2.78. The maximum Gasteiger partial charge on any atom is 0.187 e. The maximum atomic E-state index is 14.3. The van der Waals surface area contributed by atoms with Crippen molar-refractivity contribution in [1.29, 1.82) is 0 Å². The van der Waals surface area contributed by atoms with Gasteiger partial charge < -0.3 is 10.2 Å². The Bertz CT molecular complexity index is 462. The fraction of sp³-hybridized carbons (Fsp3) is 0.750. The number of anilines is 1. The van der Waals surface area contributed by atoms with Gasteiger partial charge in [-0.25, -0.2) is 14.4 Å². The van der Waals surface area contributed by atoms with Gasteiger partial charge in [0, 0.05) is 18.6 Å². The zero-order valence-electron chi connectivity index (χ0n) is 13.6. The summed E-state index contributed by atoms with van der Waals surface area (Å²) in [6.45, 7) is 11.2. The molecule has 0 amide bonds. The lowest BCUT2D eigenvalue weighted by Crippen LogP contribution is -2.43. The molecule has 0 atom stereocenters. The predicted molar refractivity (Wildman–Crippen MR) is 84.1 cm³/mol. The first-order chi connectivity index (χ1) is 9.90. The fourth-order valence-corrected chi connectivity index (χ4v) is 2.66. The highest BCUT2D eigenvalue weighted by Crippen LogP contribution is 2.24. The van der Waals surface area contributed by atoms with Crippen LogP contribution in [0.1, 0.15) is 46.2 Å². The van der Waals surface area contributed by atoms with Crippen LogP contribution in [0, 0.1) is 11.7 Å². The lowest BCUT2D eigenvalue weighted by molar-refractivity contribution is 0.327. The first kappa shape index (κ1) is 16.1. The minimum atomic E-state index is -0.244. The monoisotopic (exact) mass is 294 g/mol. The van der Waals surface area contributed by atoms with Gasteiger partial charge in [0.25, 0.3) is 0 Å². The number of nitrogens with zero attached hydrogens (tertiary/aromatic N) is 3. The first-order valence-corrected chi connectivity index (χ1v) is 7.90. The quantitative estimate of drug-likeness (QED) is 0.927. The highest BCUT2D eigenvalue weighted by Gasteiger charge is 2.24. The zero-order chi connectivity index (χ0) is 15.5. The van der Waals surface area contributed by atoms with Gasteiger partial charge in [-0.1, -0.05) is 6.92 Å². The number of halogens is 1. The SMILES string of the molecule is CCc1ncnc(N2CCC(CNC(C)(C)C)CC2)c1F. The summed E-state index contributed by atoms with van der Waals surface area (Å²) < 4.78 is 14.3. The van der Waals surface area contributed by atoms with Crippen molar-refractivity contribution in [2.24, 2.45) is 5.92 Å². The van der Waals surface area contributed by atoms with Crippen LogP contribution >= 0.6 is 0 Å². The smallest absolute Gasteiger partial charge is 0.187 e. The summed E-state index contributed by atoms with van der Waals surface area (Å²) in [6.07, 6.45) is 4.24. The molecule has 5 heteroatoms. The normalized spacial score (nSPS) is 17.3. The van der Waals surface area contributed by atoms with Gasteiger partial charge in [0.05, 0.1) is 5.69 Å². The molecule has 0 spiro atoms. The summed E-state index contributed by atoms with van der Waals surface area (Å²) in [4.78, 5) is 10.2. The van der Waals surface area contributed by atoms with Crippen molar-refractivity contribution in [2.75, 3.05) is 24.5 Å². The molecule has 1 saturated heterocycles. The lowest BCUT2D eigenvalue weighted by Gasteiger charge is -2.34. The maximum absolute atomic E-state index is 14.3. The number of hydrogen-bond acceptors (Lipinski definition) is 4. The molecule has 1 N–H and O–H groups in total. The van der Waals surface area contributed by atoms with Crippen LogP contribution in [0.5, 0.6) is 0 Å². The average Bonchev–Trinajstić information content (AvgIpc) is 2.45. The first-order valence-electron chi connectivity index (χ1n) is 7.90. The molecule has 1 aromatic rings. The van der Waals surface area contributed by atoms with Crippen molar-refractivity contribution in [1.82, 2.24) is 15.3 Å². The number of hydrogen-bond donors (Lipinski definition) is 1. The highest BCUT2D eigenvalue weighted by molar-refractivity contribution is 5.41. The van der Waals surface area contributed by atoms with Crippen molar-refractivity contribution < 1.29 is 4.39 Å². The number of aromatic nitrogens is 2. The molecule has 1 aliphatic heterocycles. The second kappa shape index (κ2) is 6.69. The minimum absolute atomic E-state index is 0.159. The standard InChI is InChI=1S/C16H27FN4/c1-5-13-14(17)15(19-11-18-13)21-8-6-12(7-9-21)10-20-16(2,3)4/h11-12,20H,5-10H2,1-4H3. The Hall–Kier alpha value is -1.23. The van der Waals surface area contributed by atoms with Crippen LogP contribution in [0.15, 0.2) is 6.33 Å². The molecule has 0 aliphatic carbocycles. The Morgan fingerprint density at radius 1 is 1.29 bits per heavy atom. The molecule has 21 heavy (non-hydrogen) atoms. The Labute approximate surface area is 127 Å². The molecule has 2 heterocycles. The summed E-state index contributed by atoms with van der Waals surface area (Å²) >= 11 is 0. The number of nitrogens with one attached hydrogen (secondary N) is 1. The van der Waals surface area contributed by atoms with E-state index in [0.717, 1.165) is 32.5 Å². The van der Waals surface area contributed by atoms with Gasteiger partial charge in [0.15, 0.2) is 11.6 Å². The van der Waals surface area contributed by atoms with Crippen LogP contribution < -0.4 is 10.2 Å². The molecule has 1 aromatic heterocycles. The third-order valence-corrected chi connectivity index (χ3v) is 4.01. The Balaban J connectivity index is 1.92. The van der Waals surface area contributed by atoms with E-state index in [1.807, 2.05) is 6.92 Å². The third kappa shape index (κ3) is 4.37. The van der Waals surface area contributed by atoms with E-state index in [4.69, 9.17) is 0 Å². The van der Waals surface area contributed by atoms with Gasteiger partial charge >= 0.3 is 0 Å². The summed E-state index contributed by atoms with van der Waals surface area (Å²) in [5.74, 6) is 0.895. The molecule has 4 nitrogen and oxygen atoms in total. The summed E-state index contributed by atoms with van der Waals surface area (Å²) in [6, 6.07) is 0. The Morgan fingerprint density at radius 2 is 1.95 bits per heavy atom. The molecular weight excluding hydrogens is 267 g/mol. The van der Waals surface area contributed by atoms with E-state index in [1.54, 1.807) is 0 Å². The van der Waals surface area contributed by atoms with Crippen LogP contribution in [0.4, 0.5) is 10.2 Å². The van der Waals surface area contributed by atoms with Gasteiger partial charge in [0.1, 0.15) is 6.33 Å². The van der Waals surface area contributed by atoms with Crippen molar-refractivity contribution in [2.45, 2.75) is 52.5 Å². The second-order valence-corrected chi connectivity index (χ2v) is 6.87. The van der Waals surface area contributed by atoms with Gasteiger partial charge in [-0.3, -0.25) is 0 Å². The van der Waals surface area contributed by atoms with Gasteiger partial charge in [-0.05, 0) is 52.5 Å². The fourth-order valence-electron chi connectivity index (χ4n) is 2.66. The van der Waals surface area contributed by atoms with E-state index in [2.05, 4.69) is 41.0 Å². The average molecular weight is 294 g/mol. The molecule has 118 valence electrons. The number of piperidine rings is 1. The molecular formula is C16H27FN4. The number of aryl methyl sites for hydroxylation is 1. The van der Waals surface area contributed by atoms with Gasteiger partial charge in [-0.2, -0.15) is 0 Å². The lowest BCUT2D eigenvalue weighted by atomic mass is 9.95. The van der Waals surface area contributed by atoms with E-state index in [0.29, 0.717) is 23.9 Å². The summed E-state index contributed by atoms with van der Waals surface area (Å²) in [5, 5.41) is 3.56. The number of rotatable bonds is 4. The van der Waals surface area contributed by atoms with Crippen LogP contribution in [0.25, 0.3) is 0 Å². The van der Waals surface area contributed by atoms with Gasteiger partial charge in [-0.15, -0.1) is 0 Å². The third-order valence-electron chi connectivity index (χ3n) is 4.01. The topological polar surface area (TPSA) is 41.1 Å². The van der Waals surface area contributed by atoms with E-state index in [-0.39, 0.29) is 11.4 Å². The van der Waals surface area contributed by atoms with Crippen molar-refractivity contribution in [3.05, 3.63) is 17.8 Å². The molecule has 0 aromatic carbocycles. The Morgan fingerprint density at radius 3 is 2.52 bits per heavy atom. The molecule has 0 bridgehead atoms. The van der Waals surface area contributed by atoms with E-state index in [9.17, 15) is 4.39 Å².